The van der Waals surface area contributed by atoms with Crippen LogP contribution < -0.4 is 10.6 Å². The molecule has 3 heteroatoms. The maximum absolute atomic E-state index is 10.9. The molecule has 0 aliphatic rings. The topological polar surface area (TPSA) is 46.3 Å². The summed E-state index contributed by atoms with van der Waals surface area (Å²) in [5, 5.41) is 0. The van der Waals surface area contributed by atoms with Crippen LogP contribution in [0.25, 0.3) is 0 Å². The highest BCUT2D eigenvalue weighted by Gasteiger charge is 2.04. The van der Waals surface area contributed by atoms with Crippen molar-refractivity contribution in [1.29, 1.82) is 0 Å². The highest BCUT2D eigenvalue weighted by atomic mass is 16.1. The Morgan fingerprint density at radius 1 is 1.19 bits per heavy atom. The number of anilines is 1. The number of rotatable bonds is 6. The lowest BCUT2D eigenvalue weighted by atomic mass is 10.2. The van der Waals surface area contributed by atoms with Crippen LogP contribution in [0.2, 0.25) is 0 Å². The van der Waals surface area contributed by atoms with Crippen LogP contribution in [-0.2, 0) is 0 Å². The number of hydrogen-bond donors (Lipinski definition) is 1. The van der Waals surface area contributed by atoms with E-state index in [9.17, 15) is 4.79 Å². The van der Waals surface area contributed by atoms with E-state index < -0.39 is 5.91 Å². The van der Waals surface area contributed by atoms with Crippen molar-refractivity contribution in [2.24, 2.45) is 5.73 Å². The Bertz CT molecular complexity index is 371. The van der Waals surface area contributed by atoms with Crippen LogP contribution in [-0.4, -0.2) is 19.0 Å². The predicted molar refractivity (Wildman–Crippen MR) is 67.6 cm³/mol. The van der Waals surface area contributed by atoms with Gasteiger partial charge in [-0.25, -0.2) is 0 Å². The van der Waals surface area contributed by atoms with Crippen LogP contribution >= 0.6 is 0 Å². The third-order valence-electron chi connectivity index (χ3n) is 2.22. The lowest BCUT2D eigenvalue weighted by molar-refractivity contribution is 0.100. The third kappa shape index (κ3) is 2.98. The van der Waals surface area contributed by atoms with Gasteiger partial charge in [0.05, 0.1) is 0 Å². The number of primary amides is 1. The number of nitrogens with zero attached hydrogens (tertiary/aromatic N) is 1. The van der Waals surface area contributed by atoms with E-state index in [0.717, 1.165) is 18.8 Å². The summed E-state index contributed by atoms with van der Waals surface area (Å²) in [6, 6.07) is 7.17. The summed E-state index contributed by atoms with van der Waals surface area (Å²) >= 11 is 0. The molecule has 0 saturated heterocycles. The Hall–Kier alpha value is -2.03. The van der Waals surface area contributed by atoms with Gasteiger partial charge in [0, 0.05) is 24.3 Å². The van der Waals surface area contributed by atoms with Gasteiger partial charge in [0.25, 0.3) is 0 Å². The fourth-order valence-corrected chi connectivity index (χ4v) is 1.43. The molecule has 16 heavy (non-hydrogen) atoms. The molecule has 0 spiro atoms. The second-order valence-electron chi connectivity index (χ2n) is 3.39. The van der Waals surface area contributed by atoms with E-state index in [1.807, 2.05) is 24.3 Å². The summed E-state index contributed by atoms with van der Waals surface area (Å²) in [7, 11) is 0. The summed E-state index contributed by atoms with van der Waals surface area (Å²) < 4.78 is 0. The third-order valence-corrected chi connectivity index (χ3v) is 2.22. The molecular formula is C13H16N2O. The van der Waals surface area contributed by atoms with Crippen molar-refractivity contribution < 1.29 is 4.79 Å². The number of carbonyl (C=O) groups is 1. The maximum atomic E-state index is 10.9. The van der Waals surface area contributed by atoms with Gasteiger partial charge in [-0.2, -0.15) is 0 Å². The molecule has 0 saturated carbocycles. The SMILES string of the molecule is C=CCN(CC=C)c1ccc(C(N)=O)cc1. The molecule has 1 aromatic rings. The van der Waals surface area contributed by atoms with E-state index in [1.165, 1.54) is 0 Å². The zero-order chi connectivity index (χ0) is 12.0. The van der Waals surface area contributed by atoms with Crippen molar-refractivity contribution >= 4 is 11.6 Å². The zero-order valence-corrected chi connectivity index (χ0v) is 9.23. The van der Waals surface area contributed by atoms with Gasteiger partial charge < -0.3 is 10.6 Å². The molecule has 0 aliphatic heterocycles. The summed E-state index contributed by atoms with van der Waals surface area (Å²) in [6.45, 7) is 8.88. The van der Waals surface area contributed by atoms with Crippen LogP contribution in [0.5, 0.6) is 0 Å². The second kappa shape index (κ2) is 5.75. The van der Waals surface area contributed by atoms with Crippen molar-refractivity contribution in [3.8, 4) is 0 Å². The van der Waals surface area contributed by atoms with Crippen molar-refractivity contribution in [2.45, 2.75) is 0 Å². The van der Waals surface area contributed by atoms with E-state index in [4.69, 9.17) is 5.73 Å². The molecule has 0 unspecified atom stereocenters. The molecule has 1 rings (SSSR count). The van der Waals surface area contributed by atoms with E-state index in [0.29, 0.717) is 5.56 Å². The standard InChI is InChI=1S/C13H16N2O/c1-3-9-15(10-4-2)12-7-5-11(6-8-12)13(14)16/h3-8H,1-2,9-10H2,(H2,14,16). The van der Waals surface area contributed by atoms with Crippen LogP contribution in [0.4, 0.5) is 5.69 Å². The first-order valence-electron chi connectivity index (χ1n) is 5.05. The minimum atomic E-state index is -0.412. The van der Waals surface area contributed by atoms with Gasteiger partial charge in [-0.1, -0.05) is 12.2 Å². The Labute approximate surface area is 95.9 Å². The second-order valence-corrected chi connectivity index (χ2v) is 3.39. The Kier molecular flexibility index (Phi) is 4.33. The highest BCUT2D eigenvalue weighted by molar-refractivity contribution is 5.93. The summed E-state index contributed by atoms with van der Waals surface area (Å²) in [5.41, 5.74) is 6.71. The first kappa shape index (κ1) is 12.0. The van der Waals surface area contributed by atoms with Gasteiger partial charge in [-0.05, 0) is 24.3 Å². The number of hydrogen-bond acceptors (Lipinski definition) is 2. The molecule has 0 bridgehead atoms. The van der Waals surface area contributed by atoms with Crippen LogP contribution in [0.3, 0.4) is 0 Å². The molecule has 0 aliphatic carbocycles. The zero-order valence-electron chi connectivity index (χ0n) is 9.23. The van der Waals surface area contributed by atoms with E-state index in [1.54, 1.807) is 12.1 Å². The van der Waals surface area contributed by atoms with Crippen LogP contribution in [0.15, 0.2) is 49.6 Å². The number of carbonyl (C=O) groups excluding carboxylic acids is 1. The summed E-state index contributed by atoms with van der Waals surface area (Å²) in [6.07, 6.45) is 3.65. The van der Waals surface area contributed by atoms with Gasteiger partial charge >= 0.3 is 0 Å². The fourth-order valence-electron chi connectivity index (χ4n) is 1.43. The highest BCUT2D eigenvalue weighted by Crippen LogP contribution is 2.15. The Balaban J connectivity index is 2.88. The number of nitrogens with two attached hydrogens (primary N) is 1. The molecule has 0 radical (unpaired) electrons. The molecule has 1 amide bonds. The average molecular weight is 216 g/mol. The van der Waals surface area contributed by atoms with Crippen molar-refractivity contribution in [3.05, 3.63) is 55.1 Å². The van der Waals surface area contributed by atoms with Crippen molar-refractivity contribution in [2.75, 3.05) is 18.0 Å². The number of amides is 1. The fraction of sp³-hybridized carbons (Fsp3) is 0.154. The molecule has 3 nitrogen and oxygen atoms in total. The van der Waals surface area contributed by atoms with Crippen LogP contribution in [0.1, 0.15) is 10.4 Å². The molecule has 0 atom stereocenters. The van der Waals surface area contributed by atoms with Crippen molar-refractivity contribution in [3.63, 3.8) is 0 Å². The molecule has 2 N–H and O–H groups in total. The van der Waals surface area contributed by atoms with Gasteiger partial charge in [0.2, 0.25) is 5.91 Å². The van der Waals surface area contributed by atoms with Crippen molar-refractivity contribution in [1.82, 2.24) is 0 Å². The molecule has 0 heterocycles. The van der Waals surface area contributed by atoms with E-state index >= 15 is 0 Å². The van der Waals surface area contributed by atoms with Gasteiger partial charge in [-0.3, -0.25) is 4.79 Å². The Morgan fingerprint density at radius 2 is 1.69 bits per heavy atom. The summed E-state index contributed by atoms with van der Waals surface area (Å²) in [4.78, 5) is 13.0. The minimum absolute atomic E-state index is 0.412. The van der Waals surface area contributed by atoms with Gasteiger partial charge in [0.15, 0.2) is 0 Å². The first-order chi connectivity index (χ1) is 7.69. The van der Waals surface area contributed by atoms with Gasteiger partial charge in [-0.15, -0.1) is 13.2 Å². The molecule has 0 aromatic heterocycles. The molecule has 84 valence electrons. The van der Waals surface area contributed by atoms with Gasteiger partial charge in [0.1, 0.15) is 0 Å². The van der Waals surface area contributed by atoms with E-state index in [-0.39, 0.29) is 0 Å². The first-order valence-corrected chi connectivity index (χ1v) is 5.05. The quantitative estimate of drug-likeness (QED) is 0.739. The van der Waals surface area contributed by atoms with Crippen LogP contribution in [0, 0.1) is 0 Å². The van der Waals surface area contributed by atoms with E-state index in [2.05, 4.69) is 18.1 Å². The molecule has 1 aromatic carbocycles. The minimum Gasteiger partial charge on any atom is -0.366 e. The lowest BCUT2D eigenvalue weighted by Crippen LogP contribution is -2.23. The normalized spacial score (nSPS) is 9.50. The summed E-state index contributed by atoms with van der Waals surface area (Å²) in [5.74, 6) is -0.412. The number of benzene rings is 1. The Morgan fingerprint density at radius 3 is 2.06 bits per heavy atom. The average Bonchev–Trinajstić information content (AvgIpc) is 2.29. The largest absolute Gasteiger partial charge is 0.366 e. The monoisotopic (exact) mass is 216 g/mol. The molecule has 0 fully saturated rings. The molecular weight excluding hydrogens is 200 g/mol. The smallest absolute Gasteiger partial charge is 0.248 e. The maximum Gasteiger partial charge on any atom is 0.248 e. The lowest BCUT2D eigenvalue weighted by Gasteiger charge is -2.21. The predicted octanol–water partition coefficient (Wildman–Crippen LogP) is 1.96.